The Kier molecular flexibility index (Phi) is 3.98. The third-order valence-electron chi connectivity index (χ3n) is 2.31. The number of benzene rings is 1. The van der Waals surface area contributed by atoms with Gasteiger partial charge in [-0.3, -0.25) is 0 Å². The summed E-state index contributed by atoms with van der Waals surface area (Å²) in [5.74, 6) is 3.36. The molecule has 1 heterocycles. The minimum Gasteiger partial charge on any atom is -0.244 e. The minimum absolute atomic E-state index is 0.466. The van der Waals surface area contributed by atoms with E-state index in [4.69, 9.17) is 11.4 Å². The fourth-order valence-electron chi connectivity index (χ4n) is 1.54. The maximum absolute atomic E-state index is 5.29. The number of fused-ring (bicyclic) bond motifs is 1. The maximum Gasteiger partial charge on any atom is 0.0882 e. The molecule has 0 bridgehead atoms. The van der Waals surface area contributed by atoms with Crippen molar-refractivity contribution in [3.8, 4) is 12.3 Å². The summed E-state index contributed by atoms with van der Waals surface area (Å²) in [6.07, 6.45) is 6.39. The van der Waals surface area contributed by atoms with Crippen LogP contribution < -0.4 is 0 Å². The van der Waals surface area contributed by atoms with Crippen molar-refractivity contribution in [1.29, 1.82) is 0 Å². The van der Waals surface area contributed by atoms with Crippen LogP contribution in [0.2, 0.25) is 0 Å². The van der Waals surface area contributed by atoms with Crippen LogP contribution in [0.15, 0.2) is 34.2 Å². The van der Waals surface area contributed by atoms with E-state index in [-0.39, 0.29) is 0 Å². The van der Waals surface area contributed by atoms with E-state index in [0.29, 0.717) is 11.0 Å². The zero-order chi connectivity index (χ0) is 11.4. The number of rotatable bonds is 2. The number of para-hydroxylation sites is 1. The van der Waals surface area contributed by atoms with Gasteiger partial charge in [0.1, 0.15) is 0 Å². The van der Waals surface area contributed by atoms with E-state index in [2.05, 4.69) is 31.0 Å². The molecule has 3 heteroatoms. The molecule has 1 aromatic carbocycles. The molecule has 82 valence electrons. The maximum atomic E-state index is 5.29. The van der Waals surface area contributed by atoms with E-state index in [9.17, 15) is 0 Å². The molecule has 0 radical (unpaired) electrons. The first-order valence-electron chi connectivity index (χ1n) is 5.25. The zero-order valence-electron chi connectivity index (χ0n) is 9.14. The number of aliphatic imine (C=N–C) groups is 1. The Hall–Kier alpha value is -0.850. The van der Waals surface area contributed by atoms with Crippen LogP contribution >= 0.6 is 23.5 Å². The first-order chi connectivity index (χ1) is 7.85. The lowest BCUT2D eigenvalue weighted by molar-refractivity contribution is 1.01. The largest absolute Gasteiger partial charge is 0.244 e. The van der Waals surface area contributed by atoms with Gasteiger partial charge in [-0.2, -0.15) is 0 Å². The Morgan fingerprint density at radius 2 is 2.31 bits per heavy atom. The normalized spacial score (nSPS) is 18.5. The molecule has 1 unspecified atom stereocenters. The Labute approximate surface area is 105 Å². The van der Waals surface area contributed by atoms with Crippen LogP contribution in [-0.2, 0) is 0 Å². The average molecular weight is 247 g/mol. The molecule has 0 aliphatic carbocycles. The van der Waals surface area contributed by atoms with Gasteiger partial charge >= 0.3 is 0 Å². The number of hydrogen-bond acceptors (Lipinski definition) is 3. The third-order valence-corrected chi connectivity index (χ3v) is 4.89. The van der Waals surface area contributed by atoms with E-state index in [0.717, 1.165) is 12.1 Å². The highest BCUT2D eigenvalue weighted by atomic mass is 32.2. The second-order valence-corrected chi connectivity index (χ2v) is 5.67. The van der Waals surface area contributed by atoms with Gasteiger partial charge in [-0.25, -0.2) is 4.99 Å². The quantitative estimate of drug-likeness (QED) is 0.733. The van der Waals surface area contributed by atoms with Crippen molar-refractivity contribution in [1.82, 2.24) is 0 Å². The third kappa shape index (κ3) is 2.45. The van der Waals surface area contributed by atoms with Gasteiger partial charge in [0.2, 0.25) is 0 Å². The summed E-state index contributed by atoms with van der Waals surface area (Å²) < 4.78 is 0. The summed E-state index contributed by atoms with van der Waals surface area (Å²) >= 11 is 3.58. The lowest BCUT2D eigenvalue weighted by Crippen LogP contribution is -2.15. The van der Waals surface area contributed by atoms with E-state index in [1.165, 1.54) is 9.94 Å². The molecule has 0 saturated carbocycles. The average Bonchev–Trinajstić information content (AvgIpc) is 2.35. The molecule has 0 aromatic heterocycles. The van der Waals surface area contributed by atoms with Crippen LogP contribution in [0, 0.1) is 12.3 Å². The summed E-state index contributed by atoms with van der Waals surface area (Å²) in [5, 5.41) is 1.64. The van der Waals surface area contributed by atoms with Gasteiger partial charge < -0.3 is 0 Å². The summed E-state index contributed by atoms with van der Waals surface area (Å²) in [4.78, 5) is 5.98. The molecule has 1 aliphatic heterocycles. The standard InChI is InChI=1S/C13H13NS2/c1-3-9-15-13-11(4-2)16-12-8-6-5-7-10(12)14-13/h1,5-8,11H,4,9H2,2H3. The molecular formula is C13H13NS2. The summed E-state index contributed by atoms with van der Waals surface area (Å²) in [6.45, 7) is 2.19. The molecule has 16 heavy (non-hydrogen) atoms. The van der Waals surface area contributed by atoms with Crippen LogP contribution in [0.1, 0.15) is 13.3 Å². The molecule has 0 fully saturated rings. The van der Waals surface area contributed by atoms with E-state index < -0.39 is 0 Å². The predicted molar refractivity (Wildman–Crippen MR) is 74.8 cm³/mol. The summed E-state index contributed by atoms with van der Waals surface area (Å²) in [5.41, 5.74) is 1.08. The number of hydrogen-bond donors (Lipinski definition) is 0. The highest BCUT2D eigenvalue weighted by Gasteiger charge is 2.22. The van der Waals surface area contributed by atoms with Crippen molar-refractivity contribution in [3.63, 3.8) is 0 Å². The Bertz CT molecular complexity index is 445. The van der Waals surface area contributed by atoms with Crippen molar-refractivity contribution in [2.45, 2.75) is 23.5 Å². The number of terminal acetylenes is 1. The fourth-order valence-corrected chi connectivity index (χ4v) is 3.66. The lowest BCUT2D eigenvalue weighted by atomic mass is 10.3. The Morgan fingerprint density at radius 3 is 3.06 bits per heavy atom. The molecule has 1 aliphatic rings. The van der Waals surface area contributed by atoms with Crippen molar-refractivity contribution in [3.05, 3.63) is 24.3 Å². The van der Waals surface area contributed by atoms with Crippen LogP contribution in [0.25, 0.3) is 0 Å². The number of thioether (sulfide) groups is 2. The zero-order valence-corrected chi connectivity index (χ0v) is 10.8. The van der Waals surface area contributed by atoms with Gasteiger partial charge in [-0.15, -0.1) is 18.2 Å². The monoisotopic (exact) mass is 247 g/mol. The van der Waals surface area contributed by atoms with Gasteiger partial charge in [0.25, 0.3) is 0 Å². The highest BCUT2D eigenvalue weighted by molar-refractivity contribution is 8.16. The molecule has 0 saturated heterocycles. The Morgan fingerprint density at radius 1 is 1.50 bits per heavy atom. The topological polar surface area (TPSA) is 12.4 Å². The molecule has 0 N–H and O–H groups in total. The second-order valence-electron chi connectivity index (χ2n) is 3.43. The molecule has 0 spiro atoms. The van der Waals surface area contributed by atoms with Crippen molar-refractivity contribution in [2.24, 2.45) is 4.99 Å². The van der Waals surface area contributed by atoms with Crippen molar-refractivity contribution < 1.29 is 0 Å². The molecule has 0 amide bonds. The van der Waals surface area contributed by atoms with Gasteiger partial charge in [0.15, 0.2) is 0 Å². The van der Waals surface area contributed by atoms with Crippen LogP contribution in [0.3, 0.4) is 0 Å². The second kappa shape index (κ2) is 5.47. The Balaban J connectivity index is 2.28. The molecule has 1 aromatic rings. The smallest absolute Gasteiger partial charge is 0.0882 e. The van der Waals surface area contributed by atoms with Crippen LogP contribution in [0.4, 0.5) is 5.69 Å². The van der Waals surface area contributed by atoms with Gasteiger partial charge in [-0.05, 0) is 18.6 Å². The van der Waals surface area contributed by atoms with E-state index in [1.807, 2.05) is 17.8 Å². The summed E-state index contributed by atoms with van der Waals surface area (Å²) in [6, 6.07) is 8.28. The number of nitrogens with zero attached hydrogens (tertiary/aromatic N) is 1. The van der Waals surface area contributed by atoms with Crippen molar-refractivity contribution >= 4 is 34.3 Å². The van der Waals surface area contributed by atoms with Crippen LogP contribution in [0.5, 0.6) is 0 Å². The molecule has 1 atom stereocenters. The molecule has 1 nitrogen and oxygen atoms in total. The molecule has 2 rings (SSSR count). The fraction of sp³-hybridized carbons (Fsp3) is 0.308. The highest BCUT2D eigenvalue weighted by Crippen LogP contribution is 2.40. The SMILES string of the molecule is C#CCSC1=Nc2ccccc2SC1CC. The minimum atomic E-state index is 0.466. The first kappa shape index (κ1) is 11.6. The van der Waals surface area contributed by atoms with Gasteiger partial charge in [0, 0.05) is 4.90 Å². The van der Waals surface area contributed by atoms with Gasteiger partial charge in [0.05, 0.1) is 21.7 Å². The molecular weight excluding hydrogens is 234 g/mol. The van der Waals surface area contributed by atoms with Crippen LogP contribution in [-0.4, -0.2) is 16.0 Å². The van der Waals surface area contributed by atoms with E-state index >= 15 is 0 Å². The van der Waals surface area contributed by atoms with E-state index in [1.54, 1.807) is 11.8 Å². The first-order valence-corrected chi connectivity index (χ1v) is 7.12. The predicted octanol–water partition coefficient (Wildman–Crippen LogP) is 3.97. The summed E-state index contributed by atoms with van der Waals surface area (Å²) in [7, 11) is 0. The van der Waals surface area contributed by atoms with Gasteiger partial charge in [-0.1, -0.05) is 36.7 Å². The van der Waals surface area contributed by atoms with Crippen molar-refractivity contribution in [2.75, 3.05) is 5.75 Å². The lowest BCUT2D eigenvalue weighted by Gasteiger charge is -2.22.